The van der Waals surface area contributed by atoms with E-state index in [1.807, 2.05) is 13.0 Å². The maximum atomic E-state index is 11.8. The predicted molar refractivity (Wildman–Crippen MR) is 68.2 cm³/mol. The van der Waals surface area contributed by atoms with Crippen LogP contribution in [0.5, 0.6) is 0 Å². The van der Waals surface area contributed by atoms with Crippen LogP contribution in [-0.4, -0.2) is 35.1 Å². The summed E-state index contributed by atoms with van der Waals surface area (Å²) in [7, 11) is 0. The highest BCUT2D eigenvalue weighted by Gasteiger charge is 2.15. The van der Waals surface area contributed by atoms with Gasteiger partial charge in [-0.1, -0.05) is 18.1 Å². The summed E-state index contributed by atoms with van der Waals surface area (Å²) >= 11 is 0. The molecule has 0 spiro atoms. The van der Waals surface area contributed by atoms with Crippen molar-refractivity contribution in [3.05, 3.63) is 29.8 Å². The number of nitrogens with zero attached hydrogens (tertiary/aromatic N) is 1. The van der Waals surface area contributed by atoms with Gasteiger partial charge in [0, 0.05) is 5.69 Å². The van der Waals surface area contributed by atoms with Crippen LogP contribution in [0.25, 0.3) is 0 Å². The average molecular weight is 246 g/mol. The monoisotopic (exact) mass is 246 g/mol. The Labute approximate surface area is 105 Å². The van der Waals surface area contributed by atoms with Crippen LogP contribution in [0.2, 0.25) is 0 Å². The molecule has 94 valence electrons. The van der Waals surface area contributed by atoms with E-state index in [1.165, 1.54) is 0 Å². The summed E-state index contributed by atoms with van der Waals surface area (Å²) in [4.78, 5) is 23.5. The average Bonchev–Trinajstić information content (AvgIpc) is 2.27. The number of nitrogens with one attached hydrogen (secondary N) is 1. The number of rotatable bonds is 4. The first-order valence-electron chi connectivity index (χ1n) is 5.31. The molecule has 0 unspecified atom stereocenters. The van der Waals surface area contributed by atoms with Crippen molar-refractivity contribution in [2.45, 2.75) is 6.92 Å². The van der Waals surface area contributed by atoms with E-state index in [9.17, 15) is 9.59 Å². The first kappa shape index (κ1) is 13.6. The molecular weight excluding hydrogens is 232 g/mol. The molecule has 0 bridgehead atoms. The highest BCUT2D eigenvalue weighted by Crippen LogP contribution is 2.10. The van der Waals surface area contributed by atoms with Crippen LogP contribution in [0.1, 0.15) is 5.56 Å². The number of anilines is 1. The molecular formula is C13H14N2O3. The standard InChI is InChI=1S/C13H14N2O3/c1-3-7-15(9-12(16)17)13(18)14-11-6-4-5-10(2)8-11/h1,4-6,8H,7,9H2,2H3,(H,14,18)(H,16,17). The molecule has 0 fully saturated rings. The first-order valence-corrected chi connectivity index (χ1v) is 5.31. The van der Waals surface area contributed by atoms with Crippen molar-refractivity contribution >= 4 is 17.7 Å². The van der Waals surface area contributed by atoms with Crippen molar-refractivity contribution < 1.29 is 14.7 Å². The van der Waals surface area contributed by atoms with E-state index in [0.717, 1.165) is 10.5 Å². The second-order valence-corrected chi connectivity index (χ2v) is 3.75. The predicted octanol–water partition coefficient (Wildman–Crippen LogP) is 1.55. The molecule has 0 aliphatic rings. The summed E-state index contributed by atoms with van der Waals surface area (Å²) in [5, 5.41) is 11.3. The van der Waals surface area contributed by atoms with E-state index >= 15 is 0 Å². The van der Waals surface area contributed by atoms with E-state index in [0.29, 0.717) is 5.69 Å². The SMILES string of the molecule is C#CCN(CC(=O)O)C(=O)Nc1cccc(C)c1. The number of carboxylic acid groups (broad SMARTS) is 1. The van der Waals surface area contributed by atoms with Gasteiger partial charge in [0.15, 0.2) is 0 Å². The lowest BCUT2D eigenvalue weighted by molar-refractivity contribution is -0.137. The zero-order chi connectivity index (χ0) is 13.5. The van der Waals surface area contributed by atoms with Crippen LogP contribution < -0.4 is 5.32 Å². The van der Waals surface area contributed by atoms with Crippen LogP contribution >= 0.6 is 0 Å². The molecule has 18 heavy (non-hydrogen) atoms. The van der Waals surface area contributed by atoms with Crippen LogP contribution in [0, 0.1) is 19.3 Å². The van der Waals surface area contributed by atoms with Crippen molar-refractivity contribution in [1.29, 1.82) is 0 Å². The minimum atomic E-state index is -1.11. The van der Waals surface area contributed by atoms with Crippen LogP contribution in [0.4, 0.5) is 10.5 Å². The van der Waals surface area contributed by atoms with Gasteiger partial charge in [0.1, 0.15) is 6.54 Å². The highest BCUT2D eigenvalue weighted by molar-refractivity contribution is 5.91. The van der Waals surface area contributed by atoms with Crippen molar-refractivity contribution in [3.63, 3.8) is 0 Å². The van der Waals surface area contributed by atoms with Crippen LogP contribution in [-0.2, 0) is 4.79 Å². The molecule has 0 radical (unpaired) electrons. The van der Waals surface area contributed by atoms with Gasteiger partial charge in [0.05, 0.1) is 6.54 Å². The minimum absolute atomic E-state index is 0.0516. The van der Waals surface area contributed by atoms with Gasteiger partial charge < -0.3 is 15.3 Å². The third kappa shape index (κ3) is 4.18. The van der Waals surface area contributed by atoms with E-state index in [2.05, 4.69) is 11.2 Å². The fourth-order valence-electron chi connectivity index (χ4n) is 1.40. The van der Waals surface area contributed by atoms with Crippen LogP contribution in [0.3, 0.4) is 0 Å². The van der Waals surface area contributed by atoms with Gasteiger partial charge in [-0.3, -0.25) is 4.79 Å². The Hall–Kier alpha value is -2.48. The summed E-state index contributed by atoms with van der Waals surface area (Å²) in [5.41, 5.74) is 1.60. The van der Waals surface area contributed by atoms with E-state index in [4.69, 9.17) is 11.5 Å². The lowest BCUT2D eigenvalue weighted by Gasteiger charge is -2.18. The molecule has 1 rings (SSSR count). The summed E-state index contributed by atoms with van der Waals surface area (Å²) in [5.74, 6) is 1.15. The number of hydrogen-bond acceptors (Lipinski definition) is 2. The van der Waals surface area contributed by atoms with E-state index in [1.54, 1.807) is 18.2 Å². The summed E-state index contributed by atoms with van der Waals surface area (Å²) < 4.78 is 0. The molecule has 1 aromatic carbocycles. The molecule has 0 aromatic heterocycles. The zero-order valence-electron chi connectivity index (χ0n) is 10.0. The molecule has 5 nitrogen and oxygen atoms in total. The number of carboxylic acids is 1. The normalized spacial score (nSPS) is 9.33. The number of benzene rings is 1. The number of aryl methyl sites for hydroxylation is 1. The van der Waals surface area contributed by atoms with Crippen molar-refractivity contribution in [2.24, 2.45) is 0 Å². The van der Waals surface area contributed by atoms with Gasteiger partial charge in [0.2, 0.25) is 0 Å². The van der Waals surface area contributed by atoms with Crippen LogP contribution in [0.15, 0.2) is 24.3 Å². The van der Waals surface area contributed by atoms with Gasteiger partial charge >= 0.3 is 12.0 Å². The first-order chi connectivity index (χ1) is 8.52. The molecule has 0 aliphatic carbocycles. The van der Waals surface area contributed by atoms with Crippen molar-refractivity contribution in [1.82, 2.24) is 4.90 Å². The number of amides is 2. The van der Waals surface area contributed by atoms with Gasteiger partial charge in [-0.25, -0.2) is 4.79 Å². The molecule has 0 heterocycles. The number of carbonyl (C=O) groups excluding carboxylic acids is 1. The molecule has 0 aliphatic heterocycles. The van der Waals surface area contributed by atoms with E-state index in [-0.39, 0.29) is 6.54 Å². The number of terminal acetylenes is 1. The Kier molecular flexibility index (Phi) is 4.76. The Bertz CT molecular complexity index is 491. The Balaban J connectivity index is 2.72. The lowest BCUT2D eigenvalue weighted by atomic mass is 10.2. The van der Waals surface area contributed by atoms with E-state index < -0.39 is 18.5 Å². The molecule has 0 saturated carbocycles. The maximum absolute atomic E-state index is 11.8. The second-order valence-electron chi connectivity index (χ2n) is 3.75. The largest absolute Gasteiger partial charge is 0.480 e. The second kappa shape index (κ2) is 6.30. The molecule has 2 amide bonds. The molecule has 2 N–H and O–H groups in total. The third-order valence-corrected chi connectivity index (χ3v) is 2.16. The number of aliphatic carboxylic acids is 1. The Morgan fingerprint density at radius 3 is 2.78 bits per heavy atom. The van der Waals surface area contributed by atoms with Gasteiger partial charge in [0.25, 0.3) is 0 Å². The quantitative estimate of drug-likeness (QED) is 0.792. The smallest absolute Gasteiger partial charge is 0.323 e. The molecule has 0 saturated heterocycles. The van der Waals surface area contributed by atoms with Crippen molar-refractivity contribution in [3.8, 4) is 12.3 Å². The topological polar surface area (TPSA) is 69.6 Å². The maximum Gasteiger partial charge on any atom is 0.323 e. The lowest BCUT2D eigenvalue weighted by Crippen LogP contribution is -2.39. The summed E-state index contributed by atoms with van der Waals surface area (Å²) in [6.45, 7) is 1.41. The zero-order valence-corrected chi connectivity index (χ0v) is 10.0. The number of carbonyl (C=O) groups is 2. The van der Waals surface area contributed by atoms with Crippen molar-refractivity contribution in [2.75, 3.05) is 18.4 Å². The summed E-state index contributed by atoms with van der Waals surface area (Å²) in [6.07, 6.45) is 5.10. The fraction of sp³-hybridized carbons (Fsp3) is 0.231. The van der Waals surface area contributed by atoms with Gasteiger partial charge in [-0.05, 0) is 24.6 Å². The Morgan fingerprint density at radius 1 is 1.50 bits per heavy atom. The molecule has 0 atom stereocenters. The summed E-state index contributed by atoms with van der Waals surface area (Å²) in [6, 6.07) is 6.67. The fourth-order valence-corrected chi connectivity index (χ4v) is 1.40. The Morgan fingerprint density at radius 2 is 2.22 bits per heavy atom. The minimum Gasteiger partial charge on any atom is -0.480 e. The van der Waals surface area contributed by atoms with Gasteiger partial charge in [-0.15, -0.1) is 6.42 Å². The highest BCUT2D eigenvalue weighted by atomic mass is 16.4. The van der Waals surface area contributed by atoms with Gasteiger partial charge in [-0.2, -0.15) is 0 Å². The molecule has 5 heteroatoms. The number of hydrogen-bond donors (Lipinski definition) is 2. The number of urea groups is 1. The molecule has 1 aromatic rings. The third-order valence-electron chi connectivity index (χ3n) is 2.16.